The molecule has 11 heteroatoms. The number of aromatic nitrogens is 2. The van der Waals surface area contributed by atoms with Gasteiger partial charge in [0.15, 0.2) is 0 Å². The van der Waals surface area contributed by atoms with E-state index >= 15 is 0 Å². The number of aryl methyl sites for hydroxylation is 2. The topological polar surface area (TPSA) is 101 Å². The van der Waals surface area contributed by atoms with Crippen LogP contribution in [0.4, 0.5) is 5.69 Å². The monoisotopic (exact) mass is 466 g/mol. The number of nitrogens with zero attached hydrogens (tertiary/aromatic N) is 3. The number of amides is 1. The highest BCUT2D eigenvalue weighted by atomic mass is 32.2. The number of hydrogen-bond acceptors (Lipinski definition) is 8. The molecular formula is C19H22N4O4S3. The molecule has 0 radical (unpaired) electrons. The lowest BCUT2D eigenvalue weighted by Gasteiger charge is -2.15. The highest BCUT2D eigenvalue weighted by molar-refractivity contribution is 8.00. The quantitative estimate of drug-likeness (QED) is 0.421. The first kappa shape index (κ1) is 22.5. The number of rotatable bonds is 7. The second-order valence-electron chi connectivity index (χ2n) is 6.63. The molecule has 0 fully saturated rings. The first-order chi connectivity index (χ1) is 14.1. The number of carbonyl (C=O) groups excluding carboxylic acids is 1. The van der Waals surface area contributed by atoms with Crippen molar-refractivity contribution in [2.24, 2.45) is 0 Å². The standard InChI is InChI=1S/C19H22N4O4S3/c1-11-12(2)29-19-17(11)18(20-10-21-19)28-9-16(24)22-14-8-13(6-7-15(14)27-5)30(25,26)23(3)4/h6-8,10H,9H2,1-5H3,(H,22,24). The number of anilines is 1. The Morgan fingerprint density at radius 2 is 2.00 bits per heavy atom. The number of carbonyl (C=O) groups is 1. The van der Waals surface area contributed by atoms with E-state index in [1.54, 1.807) is 11.3 Å². The van der Waals surface area contributed by atoms with Crippen LogP contribution in [-0.4, -0.2) is 55.6 Å². The lowest BCUT2D eigenvalue weighted by atomic mass is 10.2. The van der Waals surface area contributed by atoms with Crippen LogP contribution in [0.1, 0.15) is 10.4 Å². The molecule has 0 aliphatic heterocycles. The van der Waals surface area contributed by atoms with Gasteiger partial charge < -0.3 is 10.1 Å². The summed E-state index contributed by atoms with van der Waals surface area (Å²) in [6, 6.07) is 4.36. The summed E-state index contributed by atoms with van der Waals surface area (Å²) in [5.41, 5.74) is 1.41. The number of fused-ring (bicyclic) bond motifs is 1. The SMILES string of the molecule is COc1ccc(S(=O)(=O)N(C)C)cc1NC(=O)CSc1ncnc2sc(C)c(C)c12. The van der Waals surface area contributed by atoms with Gasteiger partial charge in [0.1, 0.15) is 21.9 Å². The molecule has 0 bridgehead atoms. The van der Waals surface area contributed by atoms with Crippen molar-refractivity contribution in [2.45, 2.75) is 23.8 Å². The molecule has 3 rings (SSSR count). The average molecular weight is 467 g/mol. The maximum Gasteiger partial charge on any atom is 0.242 e. The van der Waals surface area contributed by atoms with Crippen molar-refractivity contribution in [3.8, 4) is 5.75 Å². The van der Waals surface area contributed by atoms with Crippen molar-refractivity contribution in [2.75, 3.05) is 32.3 Å². The van der Waals surface area contributed by atoms with Gasteiger partial charge in [-0.05, 0) is 37.6 Å². The Kier molecular flexibility index (Phi) is 6.65. The summed E-state index contributed by atoms with van der Waals surface area (Å²) < 4.78 is 31.2. The summed E-state index contributed by atoms with van der Waals surface area (Å²) >= 11 is 2.91. The molecule has 0 saturated carbocycles. The molecule has 2 aromatic heterocycles. The maximum absolute atomic E-state index is 12.6. The zero-order valence-electron chi connectivity index (χ0n) is 17.2. The molecule has 30 heavy (non-hydrogen) atoms. The molecule has 0 saturated heterocycles. The van der Waals surface area contributed by atoms with Crippen molar-refractivity contribution in [3.63, 3.8) is 0 Å². The predicted molar refractivity (Wildman–Crippen MR) is 120 cm³/mol. The lowest BCUT2D eigenvalue weighted by molar-refractivity contribution is -0.113. The van der Waals surface area contributed by atoms with Gasteiger partial charge in [0.05, 0.1) is 23.4 Å². The smallest absolute Gasteiger partial charge is 0.242 e. The molecule has 1 amide bonds. The van der Waals surface area contributed by atoms with Crippen LogP contribution in [-0.2, 0) is 14.8 Å². The van der Waals surface area contributed by atoms with E-state index in [0.717, 1.165) is 25.1 Å². The van der Waals surface area contributed by atoms with E-state index in [1.165, 1.54) is 62.4 Å². The van der Waals surface area contributed by atoms with Gasteiger partial charge in [-0.2, -0.15) is 0 Å². The average Bonchev–Trinajstić information content (AvgIpc) is 3.00. The van der Waals surface area contributed by atoms with E-state index in [9.17, 15) is 13.2 Å². The number of benzene rings is 1. The summed E-state index contributed by atoms with van der Waals surface area (Å²) in [7, 11) is 0.720. The second kappa shape index (κ2) is 8.88. The number of hydrogen-bond donors (Lipinski definition) is 1. The summed E-state index contributed by atoms with van der Waals surface area (Å²) in [6.07, 6.45) is 1.50. The molecule has 3 aromatic rings. The number of sulfonamides is 1. The fraction of sp³-hybridized carbons (Fsp3) is 0.316. The van der Waals surface area contributed by atoms with E-state index in [1.807, 2.05) is 13.8 Å². The highest BCUT2D eigenvalue weighted by Gasteiger charge is 2.20. The van der Waals surface area contributed by atoms with Crippen molar-refractivity contribution in [3.05, 3.63) is 35.0 Å². The molecule has 1 N–H and O–H groups in total. The molecular weight excluding hydrogens is 444 g/mol. The van der Waals surface area contributed by atoms with Crippen LogP contribution in [0.5, 0.6) is 5.75 Å². The Labute approximate surface area is 183 Å². The fourth-order valence-electron chi connectivity index (χ4n) is 2.74. The minimum absolute atomic E-state index is 0.0677. The highest BCUT2D eigenvalue weighted by Crippen LogP contribution is 2.34. The second-order valence-corrected chi connectivity index (χ2v) is 10.9. The van der Waals surface area contributed by atoms with Crippen LogP contribution in [0.25, 0.3) is 10.2 Å². The Balaban J connectivity index is 1.80. The van der Waals surface area contributed by atoms with Crippen molar-refractivity contribution in [1.82, 2.24) is 14.3 Å². The predicted octanol–water partition coefficient (Wildman–Crippen LogP) is 3.30. The Hall–Kier alpha value is -2.21. The first-order valence-electron chi connectivity index (χ1n) is 8.89. The zero-order valence-corrected chi connectivity index (χ0v) is 19.7. The maximum atomic E-state index is 12.6. The van der Waals surface area contributed by atoms with E-state index in [4.69, 9.17) is 4.74 Å². The Morgan fingerprint density at radius 3 is 2.67 bits per heavy atom. The third-order valence-electron chi connectivity index (χ3n) is 4.49. The third kappa shape index (κ3) is 4.43. The molecule has 1 aromatic carbocycles. The summed E-state index contributed by atoms with van der Waals surface area (Å²) in [6.45, 7) is 4.05. The Bertz CT molecular complexity index is 1210. The molecule has 0 aliphatic rings. The summed E-state index contributed by atoms with van der Waals surface area (Å²) in [5, 5.41) is 4.45. The van der Waals surface area contributed by atoms with Crippen LogP contribution in [0, 0.1) is 13.8 Å². The molecule has 8 nitrogen and oxygen atoms in total. The van der Waals surface area contributed by atoms with Gasteiger partial charge in [-0.15, -0.1) is 11.3 Å². The van der Waals surface area contributed by atoms with Gasteiger partial charge in [-0.3, -0.25) is 4.79 Å². The third-order valence-corrected chi connectivity index (χ3v) is 8.41. The molecule has 0 unspecified atom stereocenters. The van der Waals surface area contributed by atoms with E-state index in [0.29, 0.717) is 11.4 Å². The van der Waals surface area contributed by atoms with Crippen LogP contribution in [0.3, 0.4) is 0 Å². The summed E-state index contributed by atoms with van der Waals surface area (Å²) in [5.74, 6) is 0.183. The summed E-state index contributed by atoms with van der Waals surface area (Å²) in [4.78, 5) is 23.3. The fourth-order valence-corrected chi connectivity index (χ4v) is 5.58. The Morgan fingerprint density at radius 1 is 1.27 bits per heavy atom. The lowest BCUT2D eigenvalue weighted by Crippen LogP contribution is -2.22. The van der Waals surface area contributed by atoms with Gasteiger partial charge >= 0.3 is 0 Å². The van der Waals surface area contributed by atoms with E-state index < -0.39 is 10.0 Å². The van der Waals surface area contributed by atoms with Crippen LogP contribution >= 0.6 is 23.1 Å². The van der Waals surface area contributed by atoms with Gasteiger partial charge in [-0.25, -0.2) is 22.7 Å². The number of ether oxygens (including phenoxy) is 1. The largest absolute Gasteiger partial charge is 0.495 e. The molecule has 2 heterocycles. The zero-order chi connectivity index (χ0) is 22.1. The normalized spacial score (nSPS) is 11.8. The number of nitrogens with one attached hydrogen (secondary N) is 1. The van der Waals surface area contributed by atoms with Gasteiger partial charge in [0.2, 0.25) is 15.9 Å². The number of methoxy groups -OCH3 is 1. The minimum atomic E-state index is -3.64. The van der Waals surface area contributed by atoms with Crippen LogP contribution in [0.15, 0.2) is 34.4 Å². The number of thiophene rings is 1. The number of thioether (sulfide) groups is 1. The van der Waals surface area contributed by atoms with Crippen LogP contribution < -0.4 is 10.1 Å². The van der Waals surface area contributed by atoms with Gasteiger partial charge in [0, 0.05) is 24.4 Å². The molecule has 0 aliphatic carbocycles. The van der Waals surface area contributed by atoms with Crippen molar-refractivity contribution in [1.29, 1.82) is 0 Å². The minimum Gasteiger partial charge on any atom is -0.495 e. The van der Waals surface area contributed by atoms with Crippen molar-refractivity contribution >= 4 is 54.9 Å². The molecule has 160 valence electrons. The van der Waals surface area contributed by atoms with Gasteiger partial charge in [-0.1, -0.05) is 11.8 Å². The molecule has 0 atom stereocenters. The van der Waals surface area contributed by atoms with E-state index in [2.05, 4.69) is 15.3 Å². The van der Waals surface area contributed by atoms with Crippen LogP contribution in [0.2, 0.25) is 0 Å². The molecule has 0 spiro atoms. The van der Waals surface area contributed by atoms with Crippen molar-refractivity contribution < 1.29 is 17.9 Å². The van der Waals surface area contributed by atoms with Gasteiger partial charge in [0.25, 0.3) is 0 Å². The van der Waals surface area contributed by atoms with E-state index in [-0.39, 0.29) is 16.6 Å². The first-order valence-corrected chi connectivity index (χ1v) is 12.1.